The van der Waals surface area contributed by atoms with E-state index in [0.29, 0.717) is 22.0 Å². The molecule has 1 aromatic heterocycles. The SMILES string of the molecule is Cc1ccc(F)cc1NC(=O)COc1ccc(Cl)c2cccnc12. The molecule has 0 aliphatic rings. The zero-order valence-corrected chi connectivity index (χ0v) is 13.6. The number of nitrogens with zero attached hydrogens (tertiary/aromatic N) is 1. The summed E-state index contributed by atoms with van der Waals surface area (Å²) < 4.78 is 18.8. The highest BCUT2D eigenvalue weighted by Crippen LogP contribution is 2.29. The average molecular weight is 345 g/mol. The third kappa shape index (κ3) is 3.46. The van der Waals surface area contributed by atoms with Crippen LogP contribution in [-0.4, -0.2) is 17.5 Å². The molecule has 2 aromatic carbocycles. The largest absolute Gasteiger partial charge is 0.481 e. The Morgan fingerprint density at radius 2 is 2.12 bits per heavy atom. The summed E-state index contributed by atoms with van der Waals surface area (Å²) in [6, 6.07) is 11.2. The molecule has 6 heteroatoms. The van der Waals surface area contributed by atoms with Crippen LogP contribution in [0.15, 0.2) is 48.7 Å². The molecule has 1 N–H and O–H groups in total. The highest BCUT2D eigenvalue weighted by atomic mass is 35.5. The lowest BCUT2D eigenvalue weighted by Gasteiger charge is -2.11. The Labute approximate surface area is 143 Å². The summed E-state index contributed by atoms with van der Waals surface area (Å²) in [7, 11) is 0. The van der Waals surface area contributed by atoms with Crippen LogP contribution in [0.2, 0.25) is 5.02 Å². The smallest absolute Gasteiger partial charge is 0.262 e. The zero-order chi connectivity index (χ0) is 17.1. The van der Waals surface area contributed by atoms with E-state index in [-0.39, 0.29) is 12.5 Å². The second-order valence-corrected chi connectivity index (χ2v) is 5.65. The number of aromatic nitrogens is 1. The molecule has 0 saturated heterocycles. The summed E-state index contributed by atoms with van der Waals surface area (Å²) in [4.78, 5) is 16.3. The van der Waals surface area contributed by atoms with Gasteiger partial charge in [-0.25, -0.2) is 4.39 Å². The maximum absolute atomic E-state index is 13.3. The first-order chi connectivity index (χ1) is 11.5. The van der Waals surface area contributed by atoms with Crippen LogP contribution in [-0.2, 0) is 4.79 Å². The van der Waals surface area contributed by atoms with Crippen molar-refractivity contribution >= 4 is 34.1 Å². The summed E-state index contributed by atoms with van der Waals surface area (Å²) in [6.45, 7) is 1.57. The standard InChI is InChI=1S/C18H14ClFN2O2/c1-11-4-5-12(20)9-15(11)22-17(23)10-24-16-7-6-14(19)13-3-2-8-21-18(13)16/h2-9H,10H2,1H3,(H,22,23). The number of benzene rings is 2. The minimum Gasteiger partial charge on any atom is -0.481 e. The molecule has 0 aliphatic carbocycles. The van der Waals surface area contributed by atoms with Crippen LogP contribution >= 0.6 is 11.6 Å². The van der Waals surface area contributed by atoms with Crippen molar-refractivity contribution in [3.8, 4) is 5.75 Å². The second-order valence-electron chi connectivity index (χ2n) is 5.24. The molecule has 0 radical (unpaired) electrons. The summed E-state index contributed by atoms with van der Waals surface area (Å²) in [5.74, 6) is -0.339. The van der Waals surface area contributed by atoms with Crippen molar-refractivity contribution in [3.63, 3.8) is 0 Å². The maximum atomic E-state index is 13.3. The topological polar surface area (TPSA) is 51.2 Å². The zero-order valence-electron chi connectivity index (χ0n) is 12.8. The first kappa shape index (κ1) is 16.2. The minimum atomic E-state index is -0.412. The number of carbonyl (C=O) groups excluding carboxylic acids is 1. The predicted octanol–water partition coefficient (Wildman–Crippen LogP) is 4.35. The minimum absolute atomic E-state index is 0.219. The molecule has 4 nitrogen and oxygen atoms in total. The van der Waals surface area contributed by atoms with E-state index >= 15 is 0 Å². The third-order valence-electron chi connectivity index (χ3n) is 3.51. The van der Waals surface area contributed by atoms with Crippen LogP contribution in [0.25, 0.3) is 10.9 Å². The fourth-order valence-corrected chi connectivity index (χ4v) is 2.50. The molecule has 122 valence electrons. The van der Waals surface area contributed by atoms with Crippen molar-refractivity contribution in [1.29, 1.82) is 0 Å². The fraction of sp³-hybridized carbons (Fsp3) is 0.111. The fourth-order valence-electron chi connectivity index (χ4n) is 2.29. The molecule has 1 heterocycles. The van der Waals surface area contributed by atoms with E-state index in [2.05, 4.69) is 10.3 Å². The van der Waals surface area contributed by atoms with E-state index in [1.165, 1.54) is 12.1 Å². The lowest BCUT2D eigenvalue weighted by atomic mass is 10.2. The molecule has 1 amide bonds. The molecule has 0 aliphatic heterocycles. The molecule has 0 saturated carbocycles. The van der Waals surface area contributed by atoms with E-state index < -0.39 is 5.82 Å². The number of aryl methyl sites for hydroxylation is 1. The molecule has 0 spiro atoms. The van der Waals surface area contributed by atoms with Gasteiger partial charge >= 0.3 is 0 Å². The first-order valence-electron chi connectivity index (χ1n) is 7.26. The first-order valence-corrected chi connectivity index (χ1v) is 7.64. The molecule has 24 heavy (non-hydrogen) atoms. The molecular weight excluding hydrogens is 331 g/mol. The number of hydrogen-bond acceptors (Lipinski definition) is 3. The van der Waals surface area contributed by atoms with Crippen LogP contribution in [0.3, 0.4) is 0 Å². The van der Waals surface area contributed by atoms with Crippen molar-refractivity contribution in [3.05, 3.63) is 65.1 Å². The number of nitrogens with one attached hydrogen (secondary N) is 1. The predicted molar refractivity (Wildman–Crippen MR) is 92.0 cm³/mol. The summed E-state index contributed by atoms with van der Waals surface area (Å²) in [5, 5.41) is 3.94. The molecule has 3 aromatic rings. The number of hydrogen-bond donors (Lipinski definition) is 1. The van der Waals surface area contributed by atoms with Gasteiger partial charge in [0.25, 0.3) is 5.91 Å². The Hall–Kier alpha value is -2.66. The summed E-state index contributed by atoms with van der Waals surface area (Å²) in [6.07, 6.45) is 1.63. The van der Waals surface area contributed by atoms with Gasteiger partial charge in [-0.2, -0.15) is 0 Å². The van der Waals surface area contributed by atoms with Gasteiger partial charge < -0.3 is 10.1 Å². The van der Waals surface area contributed by atoms with Gasteiger partial charge in [-0.1, -0.05) is 17.7 Å². The number of pyridine rings is 1. The number of ether oxygens (including phenoxy) is 1. The van der Waals surface area contributed by atoms with Gasteiger partial charge in [0.15, 0.2) is 6.61 Å². The van der Waals surface area contributed by atoms with Crippen LogP contribution in [0, 0.1) is 12.7 Å². The monoisotopic (exact) mass is 344 g/mol. The molecular formula is C18H14ClFN2O2. The van der Waals surface area contributed by atoms with Gasteiger partial charge in [0.1, 0.15) is 17.1 Å². The average Bonchev–Trinajstić information content (AvgIpc) is 2.58. The Morgan fingerprint density at radius 3 is 2.96 bits per heavy atom. The molecule has 0 unspecified atom stereocenters. The van der Waals surface area contributed by atoms with Crippen LogP contribution in [0.1, 0.15) is 5.56 Å². The molecule has 0 atom stereocenters. The number of rotatable bonds is 4. The third-order valence-corrected chi connectivity index (χ3v) is 3.84. The van der Waals surface area contributed by atoms with Gasteiger partial charge in [0.2, 0.25) is 0 Å². The summed E-state index contributed by atoms with van der Waals surface area (Å²) in [5.41, 5.74) is 1.77. The highest BCUT2D eigenvalue weighted by molar-refractivity contribution is 6.35. The van der Waals surface area contributed by atoms with Crippen LogP contribution in [0.4, 0.5) is 10.1 Å². The molecule has 0 fully saturated rings. The Balaban J connectivity index is 1.73. The Morgan fingerprint density at radius 1 is 1.29 bits per heavy atom. The van der Waals surface area contributed by atoms with Crippen LogP contribution in [0.5, 0.6) is 5.75 Å². The van der Waals surface area contributed by atoms with Gasteiger partial charge in [0.05, 0.1) is 5.02 Å². The van der Waals surface area contributed by atoms with Gasteiger partial charge in [-0.05, 0) is 48.9 Å². The number of fused-ring (bicyclic) bond motifs is 1. The van der Waals surface area contributed by atoms with Crippen molar-refractivity contribution < 1.29 is 13.9 Å². The number of carbonyl (C=O) groups is 1. The van der Waals surface area contributed by atoms with Gasteiger partial charge in [0, 0.05) is 17.3 Å². The van der Waals surface area contributed by atoms with E-state index in [1.54, 1.807) is 37.4 Å². The van der Waals surface area contributed by atoms with E-state index in [9.17, 15) is 9.18 Å². The Kier molecular flexibility index (Phi) is 4.62. The number of halogens is 2. The van der Waals surface area contributed by atoms with E-state index in [1.807, 2.05) is 6.07 Å². The van der Waals surface area contributed by atoms with Crippen LogP contribution < -0.4 is 10.1 Å². The van der Waals surface area contributed by atoms with Crippen molar-refractivity contribution in [2.24, 2.45) is 0 Å². The van der Waals surface area contributed by atoms with Crippen molar-refractivity contribution in [1.82, 2.24) is 4.98 Å². The second kappa shape index (κ2) is 6.84. The molecule has 3 rings (SSSR count). The maximum Gasteiger partial charge on any atom is 0.262 e. The summed E-state index contributed by atoms with van der Waals surface area (Å²) >= 11 is 6.12. The Bertz CT molecular complexity index is 915. The van der Waals surface area contributed by atoms with Crippen molar-refractivity contribution in [2.45, 2.75) is 6.92 Å². The van der Waals surface area contributed by atoms with Gasteiger partial charge in [-0.15, -0.1) is 0 Å². The van der Waals surface area contributed by atoms with E-state index in [0.717, 1.165) is 10.9 Å². The number of anilines is 1. The highest BCUT2D eigenvalue weighted by Gasteiger charge is 2.10. The number of amides is 1. The van der Waals surface area contributed by atoms with E-state index in [4.69, 9.17) is 16.3 Å². The van der Waals surface area contributed by atoms with Gasteiger partial charge in [-0.3, -0.25) is 9.78 Å². The lowest BCUT2D eigenvalue weighted by Crippen LogP contribution is -2.20. The van der Waals surface area contributed by atoms with Crippen molar-refractivity contribution in [2.75, 3.05) is 11.9 Å². The molecule has 0 bridgehead atoms. The quantitative estimate of drug-likeness (QED) is 0.765. The normalized spacial score (nSPS) is 10.6. The lowest BCUT2D eigenvalue weighted by molar-refractivity contribution is -0.118.